The monoisotopic (exact) mass is 443 g/mol. The summed E-state index contributed by atoms with van der Waals surface area (Å²) in [5.74, 6) is -1.07. The highest BCUT2D eigenvalue weighted by Gasteiger charge is 2.24. The maximum absolute atomic E-state index is 12.8. The SMILES string of the molecule is CCN(CC)CCCNC(=O)C[C@@H]1C/C=C/CCC(=O)O[C@H](c2ccccc2)CNC1=O. The van der Waals surface area contributed by atoms with Gasteiger partial charge in [0.2, 0.25) is 11.8 Å². The highest BCUT2D eigenvalue weighted by molar-refractivity contribution is 5.86. The smallest absolute Gasteiger partial charge is 0.306 e. The summed E-state index contributed by atoms with van der Waals surface area (Å²) in [6, 6.07) is 9.38. The van der Waals surface area contributed by atoms with E-state index >= 15 is 0 Å². The van der Waals surface area contributed by atoms with Crippen molar-refractivity contribution in [3.63, 3.8) is 0 Å². The molecule has 7 heteroatoms. The van der Waals surface area contributed by atoms with Gasteiger partial charge in [0.15, 0.2) is 0 Å². The molecule has 2 atom stereocenters. The van der Waals surface area contributed by atoms with Gasteiger partial charge < -0.3 is 20.3 Å². The molecule has 176 valence electrons. The van der Waals surface area contributed by atoms with Crippen LogP contribution in [0, 0.1) is 5.92 Å². The molecule has 0 unspecified atom stereocenters. The van der Waals surface area contributed by atoms with Crippen LogP contribution in [0.3, 0.4) is 0 Å². The van der Waals surface area contributed by atoms with Gasteiger partial charge in [-0.15, -0.1) is 0 Å². The van der Waals surface area contributed by atoms with E-state index in [2.05, 4.69) is 29.4 Å². The quantitative estimate of drug-likeness (QED) is 0.348. The molecule has 1 aliphatic rings. The molecule has 32 heavy (non-hydrogen) atoms. The summed E-state index contributed by atoms with van der Waals surface area (Å²) < 4.78 is 5.61. The van der Waals surface area contributed by atoms with Gasteiger partial charge in [0.25, 0.3) is 0 Å². The second kappa shape index (κ2) is 14.4. The molecule has 0 saturated heterocycles. The van der Waals surface area contributed by atoms with Gasteiger partial charge in [-0.05, 0) is 44.5 Å². The Morgan fingerprint density at radius 3 is 2.62 bits per heavy atom. The lowest BCUT2D eigenvalue weighted by Gasteiger charge is -2.22. The minimum absolute atomic E-state index is 0.115. The Morgan fingerprint density at radius 1 is 1.16 bits per heavy atom. The third kappa shape index (κ3) is 9.22. The van der Waals surface area contributed by atoms with Crippen LogP contribution in [0.5, 0.6) is 0 Å². The third-order valence-corrected chi connectivity index (χ3v) is 5.68. The first-order chi connectivity index (χ1) is 15.5. The Hall–Kier alpha value is -2.67. The maximum Gasteiger partial charge on any atom is 0.306 e. The van der Waals surface area contributed by atoms with Gasteiger partial charge in [0.1, 0.15) is 6.10 Å². The number of hydrogen-bond acceptors (Lipinski definition) is 5. The molecule has 2 N–H and O–H groups in total. The van der Waals surface area contributed by atoms with E-state index in [4.69, 9.17) is 4.74 Å². The van der Waals surface area contributed by atoms with Crippen molar-refractivity contribution in [2.45, 2.75) is 52.1 Å². The number of allylic oxidation sites excluding steroid dienone is 2. The van der Waals surface area contributed by atoms with Gasteiger partial charge >= 0.3 is 5.97 Å². The molecule has 0 radical (unpaired) electrons. The van der Waals surface area contributed by atoms with Crippen molar-refractivity contribution in [3.05, 3.63) is 48.0 Å². The van der Waals surface area contributed by atoms with Gasteiger partial charge in [-0.2, -0.15) is 0 Å². The van der Waals surface area contributed by atoms with Crippen LogP contribution in [0.4, 0.5) is 0 Å². The number of benzene rings is 1. The van der Waals surface area contributed by atoms with Crippen molar-refractivity contribution in [2.24, 2.45) is 5.92 Å². The second-order valence-corrected chi connectivity index (χ2v) is 8.01. The number of carbonyl (C=O) groups excluding carboxylic acids is 3. The number of ether oxygens (including phenoxy) is 1. The molecule has 0 aliphatic carbocycles. The molecule has 1 aliphatic heterocycles. The van der Waals surface area contributed by atoms with Crippen molar-refractivity contribution in [1.29, 1.82) is 0 Å². The summed E-state index contributed by atoms with van der Waals surface area (Å²) in [5, 5.41) is 5.83. The predicted octanol–water partition coefficient (Wildman–Crippen LogP) is 2.98. The Bertz CT molecular complexity index is 747. The fraction of sp³-hybridized carbons (Fsp3) is 0.560. The lowest BCUT2D eigenvalue weighted by Crippen LogP contribution is -2.38. The molecule has 2 amide bonds. The first-order valence-corrected chi connectivity index (χ1v) is 11.7. The Balaban J connectivity index is 1.94. The summed E-state index contributed by atoms with van der Waals surface area (Å²) >= 11 is 0. The van der Waals surface area contributed by atoms with Crippen LogP contribution < -0.4 is 10.6 Å². The zero-order valence-corrected chi connectivity index (χ0v) is 19.3. The minimum Gasteiger partial charge on any atom is -0.456 e. The van der Waals surface area contributed by atoms with Gasteiger partial charge in [-0.25, -0.2) is 0 Å². The van der Waals surface area contributed by atoms with Crippen molar-refractivity contribution in [1.82, 2.24) is 15.5 Å². The molecule has 1 heterocycles. The molecule has 0 fully saturated rings. The van der Waals surface area contributed by atoms with Crippen LogP contribution in [-0.4, -0.2) is 55.4 Å². The Morgan fingerprint density at radius 2 is 1.91 bits per heavy atom. The van der Waals surface area contributed by atoms with Crippen LogP contribution in [0.25, 0.3) is 0 Å². The summed E-state index contributed by atoms with van der Waals surface area (Å²) in [5.41, 5.74) is 0.830. The number of cyclic esters (lactones) is 1. The number of amides is 2. The zero-order valence-electron chi connectivity index (χ0n) is 19.3. The highest BCUT2D eigenvalue weighted by atomic mass is 16.5. The van der Waals surface area contributed by atoms with Crippen molar-refractivity contribution < 1.29 is 19.1 Å². The van der Waals surface area contributed by atoms with Crippen LogP contribution in [0.2, 0.25) is 0 Å². The Kier molecular flexibility index (Phi) is 11.5. The molecule has 2 rings (SSSR count). The third-order valence-electron chi connectivity index (χ3n) is 5.68. The van der Waals surface area contributed by atoms with E-state index in [1.54, 1.807) is 0 Å². The summed E-state index contributed by atoms with van der Waals surface area (Å²) in [4.78, 5) is 39.8. The van der Waals surface area contributed by atoms with Gasteiger partial charge in [0.05, 0.1) is 12.5 Å². The molecular formula is C25H37N3O4. The standard InChI is InChI=1S/C25H37N3O4/c1-3-28(4-2)17-11-16-26-23(29)18-21-14-9-6-10-15-24(30)32-22(19-27-25(21)31)20-12-7-5-8-13-20/h5-9,12-13,21-22H,3-4,10-11,14-19H2,1-2H3,(H,26,29)(H,27,31)/b9-6+/t21-,22-/m0/s1. The summed E-state index contributed by atoms with van der Waals surface area (Å²) in [6.07, 6.45) is 5.52. The molecule has 7 nitrogen and oxygen atoms in total. The average Bonchev–Trinajstić information content (AvgIpc) is 2.80. The number of esters is 1. The molecule has 0 spiro atoms. The summed E-state index contributed by atoms with van der Waals surface area (Å²) in [7, 11) is 0. The largest absolute Gasteiger partial charge is 0.456 e. The van der Waals surface area contributed by atoms with Crippen molar-refractivity contribution >= 4 is 17.8 Å². The predicted molar refractivity (Wildman–Crippen MR) is 125 cm³/mol. The van der Waals surface area contributed by atoms with Crippen LogP contribution >= 0.6 is 0 Å². The average molecular weight is 444 g/mol. The summed E-state index contributed by atoms with van der Waals surface area (Å²) in [6.45, 7) is 7.98. The van der Waals surface area contributed by atoms with Gasteiger partial charge in [-0.3, -0.25) is 14.4 Å². The number of rotatable bonds is 9. The molecule has 1 aromatic carbocycles. The lowest BCUT2D eigenvalue weighted by atomic mass is 9.98. The lowest BCUT2D eigenvalue weighted by molar-refractivity contribution is -0.150. The number of nitrogens with zero attached hydrogens (tertiary/aromatic N) is 1. The normalized spacial score (nSPS) is 21.1. The van der Waals surface area contributed by atoms with E-state index in [1.807, 2.05) is 42.5 Å². The van der Waals surface area contributed by atoms with Crippen molar-refractivity contribution in [3.8, 4) is 0 Å². The Labute approximate surface area is 191 Å². The van der Waals surface area contributed by atoms with E-state index in [0.717, 1.165) is 31.6 Å². The second-order valence-electron chi connectivity index (χ2n) is 8.01. The molecule has 0 bridgehead atoms. The fourth-order valence-electron chi connectivity index (χ4n) is 3.68. The van der Waals surface area contributed by atoms with E-state index in [0.29, 0.717) is 19.4 Å². The van der Waals surface area contributed by atoms with Gasteiger partial charge in [-0.1, -0.05) is 56.3 Å². The number of carbonyl (C=O) groups is 3. The first kappa shape index (κ1) is 25.6. The van der Waals surface area contributed by atoms with E-state index < -0.39 is 12.0 Å². The first-order valence-electron chi connectivity index (χ1n) is 11.7. The minimum atomic E-state index is -0.550. The molecule has 0 saturated carbocycles. The van der Waals surface area contributed by atoms with Crippen molar-refractivity contribution in [2.75, 3.05) is 32.7 Å². The maximum atomic E-state index is 12.8. The van der Waals surface area contributed by atoms with E-state index in [9.17, 15) is 14.4 Å². The fourth-order valence-corrected chi connectivity index (χ4v) is 3.68. The van der Waals surface area contributed by atoms with Crippen LogP contribution in [0.15, 0.2) is 42.5 Å². The molecule has 0 aromatic heterocycles. The van der Waals surface area contributed by atoms with E-state index in [-0.39, 0.29) is 37.2 Å². The zero-order chi connectivity index (χ0) is 23.2. The number of nitrogens with one attached hydrogen (secondary N) is 2. The van der Waals surface area contributed by atoms with E-state index in [1.165, 1.54) is 0 Å². The molecular weight excluding hydrogens is 406 g/mol. The number of hydrogen-bond donors (Lipinski definition) is 2. The topological polar surface area (TPSA) is 87.7 Å². The van der Waals surface area contributed by atoms with Crippen LogP contribution in [0.1, 0.15) is 57.6 Å². The highest BCUT2D eigenvalue weighted by Crippen LogP contribution is 2.19. The van der Waals surface area contributed by atoms with Gasteiger partial charge in [0, 0.05) is 19.4 Å². The molecule has 1 aromatic rings. The van der Waals surface area contributed by atoms with Crippen LogP contribution in [-0.2, 0) is 19.1 Å².